The number of methoxy groups -OCH3 is 1. The van der Waals surface area contributed by atoms with Crippen LogP contribution in [0.3, 0.4) is 0 Å². The Bertz CT molecular complexity index is 1220. The van der Waals surface area contributed by atoms with E-state index in [0.717, 1.165) is 27.0 Å². The van der Waals surface area contributed by atoms with Gasteiger partial charge in [0.1, 0.15) is 5.75 Å². The molecule has 0 aliphatic rings. The van der Waals surface area contributed by atoms with Gasteiger partial charge in [0, 0.05) is 22.0 Å². The van der Waals surface area contributed by atoms with Crippen LogP contribution in [-0.2, 0) is 11.3 Å². The largest absolute Gasteiger partial charge is 0.496 e. The molecule has 4 aromatic rings. The molecule has 0 unspecified atom stereocenters. The van der Waals surface area contributed by atoms with Crippen LogP contribution in [0.25, 0.3) is 22.6 Å². The predicted octanol–water partition coefficient (Wildman–Crippen LogP) is 5.59. The first-order valence-electron chi connectivity index (χ1n) is 9.79. The zero-order valence-corrected chi connectivity index (χ0v) is 20.6. The first-order valence-corrected chi connectivity index (χ1v) is 12.5. The van der Waals surface area contributed by atoms with Crippen LogP contribution in [0, 0.1) is 0 Å². The maximum absolute atomic E-state index is 12.5. The van der Waals surface area contributed by atoms with Crippen molar-refractivity contribution in [3.05, 3.63) is 58.4 Å². The highest BCUT2D eigenvalue weighted by molar-refractivity contribution is 9.10. The third-order valence-corrected chi connectivity index (χ3v) is 6.86. The van der Waals surface area contributed by atoms with Crippen molar-refractivity contribution in [2.24, 2.45) is 0 Å². The number of amides is 1. The van der Waals surface area contributed by atoms with Crippen LogP contribution in [0.5, 0.6) is 5.75 Å². The lowest BCUT2D eigenvalue weighted by Crippen LogP contribution is -2.14. The summed E-state index contributed by atoms with van der Waals surface area (Å²) in [5.74, 6) is 1.51. The van der Waals surface area contributed by atoms with E-state index in [1.54, 1.807) is 7.11 Å². The molecule has 0 aliphatic heterocycles. The number of para-hydroxylation sites is 1. The van der Waals surface area contributed by atoms with Crippen LogP contribution in [0.4, 0.5) is 5.13 Å². The molecule has 0 fully saturated rings. The highest BCUT2D eigenvalue weighted by Gasteiger charge is 2.17. The summed E-state index contributed by atoms with van der Waals surface area (Å²) in [6, 6.07) is 15.6. The Morgan fingerprint density at radius 3 is 2.72 bits per heavy atom. The van der Waals surface area contributed by atoms with Gasteiger partial charge >= 0.3 is 0 Å². The van der Waals surface area contributed by atoms with Crippen LogP contribution in [0.2, 0.25) is 0 Å². The Balaban J connectivity index is 1.41. The molecule has 10 heteroatoms. The van der Waals surface area contributed by atoms with Crippen LogP contribution < -0.4 is 10.1 Å². The van der Waals surface area contributed by atoms with E-state index in [0.29, 0.717) is 22.7 Å². The fraction of sp³-hybridized carbons (Fsp3) is 0.182. The molecule has 0 spiro atoms. The molecule has 1 N–H and O–H groups in total. The van der Waals surface area contributed by atoms with Crippen molar-refractivity contribution in [3.63, 3.8) is 0 Å². The quantitative estimate of drug-likeness (QED) is 0.299. The smallest absolute Gasteiger partial charge is 0.236 e. The van der Waals surface area contributed by atoms with Gasteiger partial charge in [0.25, 0.3) is 0 Å². The molecule has 7 nitrogen and oxygen atoms in total. The van der Waals surface area contributed by atoms with E-state index >= 15 is 0 Å². The number of nitrogens with zero attached hydrogens (tertiary/aromatic N) is 4. The monoisotopic (exact) mass is 529 g/mol. The summed E-state index contributed by atoms with van der Waals surface area (Å²) < 4.78 is 8.44. The van der Waals surface area contributed by atoms with Crippen molar-refractivity contribution in [1.29, 1.82) is 0 Å². The second kappa shape index (κ2) is 10.3. The molecule has 0 radical (unpaired) electrons. The van der Waals surface area contributed by atoms with E-state index in [1.165, 1.54) is 23.1 Å². The van der Waals surface area contributed by atoms with Crippen LogP contribution in [0.15, 0.2) is 63.5 Å². The van der Waals surface area contributed by atoms with E-state index in [9.17, 15) is 4.79 Å². The van der Waals surface area contributed by atoms with Crippen molar-refractivity contribution in [2.75, 3.05) is 18.2 Å². The van der Waals surface area contributed by atoms with E-state index in [-0.39, 0.29) is 11.7 Å². The van der Waals surface area contributed by atoms with Gasteiger partial charge in [0.05, 0.1) is 24.1 Å². The number of hydrogen-bond acceptors (Lipinski definition) is 7. The Kier molecular flexibility index (Phi) is 7.23. The number of nitrogens with one attached hydrogen (secondary N) is 1. The van der Waals surface area contributed by atoms with Crippen molar-refractivity contribution in [1.82, 2.24) is 19.7 Å². The Morgan fingerprint density at radius 1 is 1.19 bits per heavy atom. The minimum absolute atomic E-state index is 0.142. The molecule has 4 rings (SSSR count). The second-order valence-electron chi connectivity index (χ2n) is 6.63. The van der Waals surface area contributed by atoms with Gasteiger partial charge in [-0.05, 0) is 31.2 Å². The molecule has 0 bridgehead atoms. The second-order valence-corrected chi connectivity index (χ2v) is 9.35. The third-order valence-electron chi connectivity index (χ3n) is 4.60. The summed E-state index contributed by atoms with van der Waals surface area (Å²) in [5, 5.41) is 14.7. The number of hydrogen-bond donors (Lipinski definition) is 1. The molecule has 0 saturated carbocycles. The first-order chi connectivity index (χ1) is 15.6. The van der Waals surface area contributed by atoms with E-state index in [4.69, 9.17) is 4.74 Å². The molecule has 0 aliphatic carbocycles. The molecule has 32 heavy (non-hydrogen) atoms. The van der Waals surface area contributed by atoms with Crippen LogP contribution in [-0.4, -0.2) is 38.5 Å². The highest BCUT2D eigenvalue weighted by Crippen LogP contribution is 2.31. The fourth-order valence-corrected chi connectivity index (χ4v) is 4.88. The van der Waals surface area contributed by atoms with E-state index < -0.39 is 0 Å². The summed E-state index contributed by atoms with van der Waals surface area (Å²) in [4.78, 5) is 17.0. The van der Waals surface area contributed by atoms with Crippen LogP contribution in [0.1, 0.15) is 6.92 Å². The van der Waals surface area contributed by atoms with Crippen molar-refractivity contribution in [2.45, 2.75) is 18.6 Å². The molecule has 2 aromatic carbocycles. The third kappa shape index (κ3) is 5.03. The zero-order valence-electron chi connectivity index (χ0n) is 17.4. The topological polar surface area (TPSA) is 81.9 Å². The first kappa shape index (κ1) is 22.5. The molecule has 2 aromatic heterocycles. The standard InChI is InChI=1S/C22H20BrN5O2S2/c1-3-28-20(16-6-4-5-7-18(16)30-2)26-27-22(28)32-13-19(29)25-21-24-17(12-31-21)14-8-10-15(23)11-9-14/h4-12H,3,13H2,1-2H3,(H,24,25,29). The summed E-state index contributed by atoms with van der Waals surface area (Å²) in [6.07, 6.45) is 0. The van der Waals surface area contributed by atoms with Crippen molar-refractivity contribution >= 4 is 50.1 Å². The number of thiazole rings is 1. The van der Waals surface area contributed by atoms with Gasteiger partial charge in [0.2, 0.25) is 5.91 Å². The van der Waals surface area contributed by atoms with Gasteiger partial charge in [0.15, 0.2) is 16.1 Å². The average molecular weight is 530 g/mol. The SMILES string of the molecule is CCn1c(SCC(=O)Nc2nc(-c3ccc(Br)cc3)cs2)nnc1-c1ccccc1OC. The number of ether oxygens (including phenoxy) is 1. The lowest BCUT2D eigenvalue weighted by molar-refractivity contribution is -0.113. The number of halogens is 1. The van der Waals surface area contributed by atoms with Gasteiger partial charge in [-0.15, -0.1) is 21.5 Å². The number of aromatic nitrogens is 4. The molecular weight excluding hydrogens is 510 g/mol. The maximum atomic E-state index is 12.5. The Morgan fingerprint density at radius 2 is 1.97 bits per heavy atom. The summed E-state index contributed by atoms with van der Waals surface area (Å²) in [7, 11) is 1.63. The lowest BCUT2D eigenvalue weighted by Gasteiger charge is -2.10. The zero-order chi connectivity index (χ0) is 22.5. The number of carbonyl (C=O) groups is 1. The maximum Gasteiger partial charge on any atom is 0.236 e. The fourth-order valence-electron chi connectivity index (χ4n) is 3.08. The highest BCUT2D eigenvalue weighted by atomic mass is 79.9. The Labute approximate surface area is 202 Å². The van der Waals surface area contributed by atoms with Gasteiger partial charge in [-0.3, -0.25) is 4.79 Å². The number of thioether (sulfide) groups is 1. The molecule has 0 atom stereocenters. The normalized spacial score (nSPS) is 10.8. The molecule has 2 heterocycles. The van der Waals surface area contributed by atoms with Gasteiger partial charge in [-0.25, -0.2) is 4.98 Å². The number of benzene rings is 2. The summed E-state index contributed by atoms with van der Waals surface area (Å²) in [5.41, 5.74) is 2.70. The summed E-state index contributed by atoms with van der Waals surface area (Å²) in [6.45, 7) is 2.69. The number of carbonyl (C=O) groups excluding carboxylic acids is 1. The van der Waals surface area contributed by atoms with Gasteiger partial charge in [-0.1, -0.05) is 52.0 Å². The molecule has 164 valence electrons. The lowest BCUT2D eigenvalue weighted by atomic mass is 10.2. The van der Waals surface area contributed by atoms with Crippen molar-refractivity contribution < 1.29 is 9.53 Å². The van der Waals surface area contributed by atoms with Gasteiger partial charge in [-0.2, -0.15) is 0 Å². The molecule has 1 amide bonds. The summed E-state index contributed by atoms with van der Waals surface area (Å²) >= 11 is 6.17. The average Bonchev–Trinajstić information content (AvgIpc) is 3.44. The minimum Gasteiger partial charge on any atom is -0.496 e. The van der Waals surface area contributed by atoms with Crippen LogP contribution >= 0.6 is 39.0 Å². The minimum atomic E-state index is -0.142. The molecule has 0 saturated heterocycles. The predicted molar refractivity (Wildman–Crippen MR) is 132 cm³/mol. The van der Waals surface area contributed by atoms with E-state index in [1.807, 2.05) is 65.4 Å². The number of rotatable bonds is 8. The van der Waals surface area contributed by atoms with Crippen molar-refractivity contribution in [3.8, 4) is 28.4 Å². The van der Waals surface area contributed by atoms with E-state index in [2.05, 4.69) is 36.4 Å². The number of anilines is 1. The van der Waals surface area contributed by atoms with Gasteiger partial charge < -0.3 is 14.6 Å². The molecular formula is C22H20BrN5O2S2. The Hall–Kier alpha value is -2.69.